The van der Waals surface area contributed by atoms with Crippen molar-refractivity contribution >= 4 is 22.7 Å². The van der Waals surface area contributed by atoms with Crippen LogP contribution in [-0.2, 0) is 6.42 Å². The summed E-state index contributed by atoms with van der Waals surface area (Å²) in [4.78, 5) is 5.93. The number of piperidine rings is 1. The first-order chi connectivity index (χ1) is 11.3. The van der Waals surface area contributed by atoms with E-state index in [9.17, 15) is 0 Å². The summed E-state index contributed by atoms with van der Waals surface area (Å²) in [5, 5.41) is 8.56. The molecule has 1 atom stereocenters. The van der Waals surface area contributed by atoms with Crippen LogP contribution in [0.15, 0.2) is 29.3 Å². The van der Waals surface area contributed by atoms with Crippen LogP contribution in [0.2, 0.25) is 0 Å². The fourth-order valence-corrected chi connectivity index (χ4v) is 4.68. The van der Waals surface area contributed by atoms with Crippen LogP contribution < -0.4 is 15.4 Å². The Balaban J connectivity index is 1.60. The second kappa shape index (κ2) is 6.67. The molecule has 4 rings (SSSR count). The predicted octanol–water partition coefficient (Wildman–Crippen LogP) is 2.60. The average Bonchev–Trinajstić information content (AvgIpc) is 2.62. The molecule has 2 aliphatic rings. The van der Waals surface area contributed by atoms with Crippen LogP contribution >= 0.6 is 11.8 Å². The molecule has 4 nitrogen and oxygen atoms in total. The van der Waals surface area contributed by atoms with E-state index in [2.05, 4.69) is 27.8 Å². The summed E-state index contributed by atoms with van der Waals surface area (Å²) < 4.78 is 5.40. The van der Waals surface area contributed by atoms with Crippen LogP contribution in [0.25, 0.3) is 10.9 Å². The van der Waals surface area contributed by atoms with Crippen molar-refractivity contribution in [3.8, 4) is 5.75 Å². The normalized spacial score (nSPS) is 22.0. The lowest BCUT2D eigenvalue weighted by Gasteiger charge is -2.32. The van der Waals surface area contributed by atoms with Gasteiger partial charge in [0.15, 0.2) is 0 Å². The molecule has 1 aromatic carbocycles. The number of rotatable bonds is 3. The molecule has 3 heterocycles. The van der Waals surface area contributed by atoms with Crippen LogP contribution in [0.3, 0.4) is 0 Å². The van der Waals surface area contributed by atoms with Gasteiger partial charge in [-0.15, -0.1) is 11.8 Å². The standard InChI is InChI=1S/C18H23N3OS/c1-22-14-2-3-17-15(9-14)16-8-13(11-23-18(16)10-20-17)21-12-4-6-19-7-5-12/h2-3,9-10,12-13,19,21H,4-8,11H2,1H3. The first kappa shape index (κ1) is 15.2. The molecule has 0 aliphatic carbocycles. The average molecular weight is 329 g/mol. The van der Waals surface area contributed by atoms with Gasteiger partial charge in [-0.3, -0.25) is 4.98 Å². The number of fused-ring (bicyclic) bond motifs is 3. The SMILES string of the molecule is COc1ccc2ncc3c(c2c1)CC(NC1CCNCC1)CS3. The summed E-state index contributed by atoms with van der Waals surface area (Å²) in [6, 6.07) is 7.39. The highest BCUT2D eigenvalue weighted by molar-refractivity contribution is 7.99. The summed E-state index contributed by atoms with van der Waals surface area (Å²) in [7, 11) is 1.72. The maximum Gasteiger partial charge on any atom is 0.119 e. The van der Waals surface area contributed by atoms with Gasteiger partial charge in [-0.05, 0) is 56.1 Å². The van der Waals surface area contributed by atoms with E-state index in [1.54, 1.807) is 7.11 Å². The van der Waals surface area contributed by atoms with Crippen LogP contribution in [-0.4, -0.2) is 43.0 Å². The molecule has 2 aliphatic heterocycles. The second-order valence-corrected chi connectivity index (χ2v) is 7.45. The zero-order chi connectivity index (χ0) is 15.6. The molecular weight excluding hydrogens is 306 g/mol. The summed E-state index contributed by atoms with van der Waals surface area (Å²) in [5.41, 5.74) is 2.49. The molecule has 0 bridgehead atoms. The molecule has 23 heavy (non-hydrogen) atoms. The zero-order valence-electron chi connectivity index (χ0n) is 13.5. The van der Waals surface area contributed by atoms with Gasteiger partial charge in [-0.2, -0.15) is 0 Å². The smallest absolute Gasteiger partial charge is 0.119 e. The maximum atomic E-state index is 5.40. The Labute approximate surface area is 141 Å². The number of methoxy groups -OCH3 is 1. The minimum absolute atomic E-state index is 0.549. The molecule has 0 radical (unpaired) electrons. The molecule has 0 amide bonds. The van der Waals surface area contributed by atoms with Gasteiger partial charge in [-0.25, -0.2) is 0 Å². The molecule has 1 unspecified atom stereocenters. The molecule has 2 N–H and O–H groups in total. The summed E-state index contributed by atoms with van der Waals surface area (Å²) in [5.74, 6) is 2.04. The highest BCUT2D eigenvalue weighted by Gasteiger charge is 2.24. The number of nitrogens with zero attached hydrogens (tertiary/aromatic N) is 1. The van der Waals surface area contributed by atoms with Crippen LogP contribution in [0.1, 0.15) is 18.4 Å². The van der Waals surface area contributed by atoms with Crippen molar-refractivity contribution < 1.29 is 4.74 Å². The molecule has 5 heteroatoms. The molecule has 2 aromatic rings. The van der Waals surface area contributed by atoms with Crippen LogP contribution in [0, 0.1) is 0 Å². The lowest BCUT2D eigenvalue weighted by Crippen LogP contribution is -2.47. The number of nitrogens with one attached hydrogen (secondary N) is 2. The Morgan fingerprint density at radius 3 is 2.96 bits per heavy atom. The Kier molecular flexibility index (Phi) is 4.42. The molecule has 122 valence electrons. The van der Waals surface area contributed by atoms with Crippen molar-refractivity contribution in [1.29, 1.82) is 0 Å². The van der Waals surface area contributed by atoms with Gasteiger partial charge in [0.2, 0.25) is 0 Å². The highest BCUT2D eigenvalue weighted by atomic mass is 32.2. The topological polar surface area (TPSA) is 46.2 Å². The van der Waals surface area contributed by atoms with Crippen molar-refractivity contribution in [2.45, 2.75) is 36.2 Å². The minimum Gasteiger partial charge on any atom is -0.497 e. The molecule has 1 aromatic heterocycles. The number of benzene rings is 1. The third-order valence-corrected chi connectivity index (χ3v) is 6.08. The van der Waals surface area contributed by atoms with Gasteiger partial charge in [0.05, 0.1) is 12.6 Å². The van der Waals surface area contributed by atoms with E-state index < -0.39 is 0 Å². The maximum absolute atomic E-state index is 5.40. The highest BCUT2D eigenvalue weighted by Crippen LogP contribution is 2.35. The van der Waals surface area contributed by atoms with E-state index in [4.69, 9.17) is 4.74 Å². The largest absolute Gasteiger partial charge is 0.497 e. The number of hydrogen-bond donors (Lipinski definition) is 2. The zero-order valence-corrected chi connectivity index (χ0v) is 14.3. The molecule has 1 fully saturated rings. The van der Waals surface area contributed by atoms with E-state index in [1.807, 2.05) is 24.0 Å². The monoisotopic (exact) mass is 329 g/mol. The fraction of sp³-hybridized carbons (Fsp3) is 0.500. The molecule has 0 spiro atoms. The number of thioether (sulfide) groups is 1. The third kappa shape index (κ3) is 3.18. The quantitative estimate of drug-likeness (QED) is 0.906. The van der Waals surface area contributed by atoms with Crippen LogP contribution in [0.4, 0.5) is 0 Å². The van der Waals surface area contributed by atoms with Crippen molar-refractivity contribution in [3.05, 3.63) is 30.0 Å². The summed E-state index contributed by atoms with van der Waals surface area (Å²) >= 11 is 1.93. The lowest BCUT2D eigenvalue weighted by molar-refractivity contribution is 0.355. The Morgan fingerprint density at radius 2 is 2.13 bits per heavy atom. The lowest BCUT2D eigenvalue weighted by atomic mass is 9.99. The Hall–Kier alpha value is -1.30. The van der Waals surface area contributed by atoms with Crippen molar-refractivity contribution in [2.75, 3.05) is 26.0 Å². The number of pyridine rings is 1. The third-order valence-electron chi connectivity index (χ3n) is 4.85. The van der Waals surface area contributed by atoms with Gasteiger partial charge in [-0.1, -0.05) is 0 Å². The first-order valence-electron chi connectivity index (χ1n) is 8.38. The van der Waals surface area contributed by atoms with E-state index in [0.29, 0.717) is 12.1 Å². The van der Waals surface area contributed by atoms with Gasteiger partial charge < -0.3 is 15.4 Å². The Morgan fingerprint density at radius 1 is 1.26 bits per heavy atom. The molecule has 0 saturated carbocycles. The van der Waals surface area contributed by atoms with E-state index >= 15 is 0 Å². The number of ether oxygens (including phenoxy) is 1. The van der Waals surface area contributed by atoms with Crippen molar-refractivity contribution in [2.24, 2.45) is 0 Å². The van der Waals surface area contributed by atoms with E-state index in [-0.39, 0.29) is 0 Å². The van der Waals surface area contributed by atoms with Crippen LogP contribution in [0.5, 0.6) is 5.75 Å². The van der Waals surface area contributed by atoms with Gasteiger partial charge in [0.1, 0.15) is 5.75 Å². The summed E-state index contributed by atoms with van der Waals surface area (Å²) in [6.07, 6.45) is 5.59. The van der Waals surface area contributed by atoms with E-state index in [1.165, 1.54) is 28.7 Å². The number of aromatic nitrogens is 1. The van der Waals surface area contributed by atoms with E-state index in [0.717, 1.165) is 36.5 Å². The molecule has 1 saturated heterocycles. The van der Waals surface area contributed by atoms with Crippen molar-refractivity contribution in [3.63, 3.8) is 0 Å². The summed E-state index contributed by atoms with van der Waals surface area (Å²) in [6.45, 7) is 2.27. The minimum atomic E-state index is 0.549. The first-order valence-corrected chi connectivity index (χ1v) is 9.37. The van der Waals surface area contributed by atoms with Crippen molar-refractivity contribution in [1.82, 2.24) is 15.6 Å². The molecular formula is C18H23N3OS. The van der Waals surface area contributed by atoms with Gasteiger partial charge in [0.25, 0.3) is 0 Å². The number of hydrogen-bond acceptors (Lipinski definition) is 5. The van der Waals surface area contributed by atoms with Gasteiger partial charge >= 0.3 is 0 Å². The fourth-order valence-electron chi connectivity index (χ4n) is 3.59. The second-order valence-electron chi connectivity index (χ2n) is 6.39. The predicted molar refractivity (Wildman–Crippen MR) is 95.5 cm³/mol. The van der Waals surface area contributed by atoms with Gasteiger partial charge in [0, 0.05) is 34.3 Å². The Bertz CT molecular complexity index is 695.